The molecule has 2 saturated heterocycles. The molecule has 3 aromatic rings. The van der Waals surface area contributed by atoms with Crippen molar-refractivity contribution < 1.29 is 19.1 Å². The molecule has 224 valence electrons. The lowest BCUT2D eigenvalue weighted by molar-refractivity contribution is -0.144. The molecule has 42 heavy (non-hydrogen) atoms. The van der Waals surface area contributed by atoms with Crippen molar-refractivity contribution in [2.45, 2.75) is 64.5 Å². The highest BCUT2D eigenvalue weighted by Crippen LogP contribution is 2.38. The number of benzene rings is 1. The highest BCUT2D eigenvalue weighted by molar-refractivity contribution is 5.99. The predicted octanol–water partition coefficient (Wildman–Crippen LogP) is 4.19. The Morgan fingerprint density at radius 2 is 1.86 bits per heavy atom. The molecule has 3 fully saturated rings. The fourth-order valence-corrected chi connectivity index (χ4v) is 6.69. The molecule has 0 atom stereocenters. The highest BCUT2D eigenvalue weighted by Gasteiger charge is 2.50. The van der Waals surface area contributed by atoms with E-state index in [0.29, 0.717) is 35.9 Å². The van der Waals surface area contributed by atoms with E-state index in [-0.39, 0.29) is 17.9 Å². The number of hydrogen-bond acceptors (Lipinski definition) is 5. The van der Waals surface area contributed by atoms with Crippen LogP contribution >= 0.6 is 0 Å². The molecule has 3 aliphatic rings. The first-order valence-electron chi connectivity index (χ1n) is 15.3. The summed E-state index contributed by atoms with van der Waals surface area (Å²) < 4.78 is 16.4. The molecule has 1 aromatic carbocycles. The Balaban J connectivity index is 1.15. The maximum Gasteiger partial charge on any atom is 0.256 e. The number of hydrogen-bond donors (Lipinski definition) is 1. The number of pyridine rings is 1. The zero-order valence-corrected chi connectivity index (χ0v) is 25.1. The number of nitrogens with zero attached hydrogens (tertiary/aromatic N) is 5. The van der Waals surface area contributed by atoms with Gasteiger partial charge in [0.15, 0.2) is 0 Å². The number of amides is 2. The fourth-order valence-electron chi connectivity index (χ4n) is 6.69. The van der Waals surface area contributed by atoms with Gasteiger partial charge in [-0.25, -0.2) is 4.39 Å². The Morgan fingerprint density at radius 1 is 1.14 bits per heavy atom. The van der Waals surface area contributed by atoms with Crippen LogP contribution < -0.4 is 0 Å². The van der Waals surface area contributed by atoms with Crippen molar-refractivity contribution in [2.24, 2.45) is 11.8 Å². The number of aromatic nitrogens is 2. The highest BCUT2D eigenvalue weighted by atomic mass is 19.1. The monoisotopic (exact) mass is 575 g/mol. The summed E-state index contributed by atoms with van der Waals surface area (Å²) in [5, 5.41) is 11.3. The van der Waals surface area contributed by atoms with Gasteiger partial charge < -0.3 is 24.4 Å². The maximum absolute atomic E-state index is 14.4. The van der Waals surface area contributed by atoms with Gasteiger partial charge in [-0.3, -0.25) is 14.6 Å². The second kappa shape index (κ2) is 11.1. The van der Waals surface area contributed by atoms with Gasteiger partial charge in [0.1, 0.15) is 11.4 Å². The van der Waals surface area contributed by atoms with Crippen LogP contribution in [0, 0.1) is 24.6 Å². The third kappa shape index (κ3) is 5.44. The van der Waals surface area contributed by atoms with Crippen LogP contribution in [0.1, 0.15) is 61.0 Å². The zero-order chi connectivity index (χ0) is 29.8. The van der Waals surface area contributed by atoms with Gasteiger partial charge in [0.2, 0.25) is 0 Å². The Kier molecular flexibility index (Phi) is 7.60. The number of carbonyl (C=O) groups excluding carboxylic acids is 2. The summed E-state index contributed by atoms with van der Waals surface area (Å²) in [7, 11) is 1.75. The number of fused-ring (bicyclic) bond motifs is 1. The van der Waals surface area contributed by atoms with Gasteiger partial charge in [0, 0.05) is 63.6 Å². The van der Waals surface area contributed by atoms with Gasteiger partial charge >= 0.3 is 0 Å². The van der Waals surface area contributed by atoms with E-state index in [0.717, 1.165) is 68.5 Å². The third-order valence-corrected chi connectivity index (χ3v) is 9.61. The summed E-state index contributed by atoms with van der Waals surface area (Å²) >= 11 is 0. The second-order valence-corrected chi connectivity index (χ2v) is 13.1. The first-order valence-corrected chi connectivity index (χ1v) is 15.3. The maximum atomic E-state index is 14.4. The van der Waals surface area contributed by atoms with E-state index in [1.165, 1.54) is 17.7 Å². The van der Waals surface area contributed by atoms with Gasteiger partial charge in [-0.15, -0.1) is 0 Å². The van der Waals surface area contributed by atoms with E-state index in [1.807, 2.05) is 35.7 Å². The van der Waals surface area contributed by atoms with Gasteiger partial charge in [-0.05, 0) is 94.0 Å². The van der Waals surface area contributed by atoms with Crippen molar-refractivity contribution in [1.29, 1.82) is 0 Å². The van der Waals surface area contributed by atoms with Crippen molar-refractivity contribution in [3.8, 4) is 5.69 Å². The smallest absolute Gasteiger partial charge is 0.256 e. The molecule has 1 N–H and O–H groups in total. The summed E-state index contributed by atoms with van der Waals surface area (Å²) in [6.07, 6.45) is 9.95. The predicted molar refractivity (Wildman–Crippen MR) is 160 cm³/mol. The second-order valence-electron chi connectivity index (χ2n) is 13.1. The number of likely N-dealkylation sites (tertiary alicyclic amines) is 2. The Labute approximate surface area is 247 Å². The van der Waals surface area contributed by atoms with E-state index in [1.54, 1.807) is 18.0 Å². The minimum atomic E-state index is -1.06. The first kappa shape index (κ1) is 28.8. The molecule has 9 heteroatoms. The molecule has 2 amide bonds. The number of aliphatic hydroxyl groups is 1. The lowest BCUT2D eigenvalue weighted by Gasteiger charge is -2.43. The van der Waals surface area contributed by atoms with E-state index >= 15 is 0 Å². The Hall–Kier alpha value is -3.30. The Bertz CT molecular complexity index is 1500. The Morgan fingerprint density at radius 3 is 2.52 bits per heavy atom. The van der Waals surface area contributed by atoms with Crippen LogP contribution in [0.15, 0.2) is 36.8 Å². The molecular formula is C33H42FN5O3. The van der Waals surface area contributed by atoms with Gasteiger partial charge in [-0.1, -0.05) is 0 Å². The normalized spacial score (nSPS) is 19.4. The van der Waals surface area contributed by atoms with Crippen LogP contribution in [0.4, 0.5) is 4.39 Å². The van der Waals surface area contributed by atoms with Crippen LogP contribution in [0.5, 0.6) is 0 Å². The summed E-state index contributed by atoms with van der Waals surface area (Å²) in [4.78, 5) is 36.3. The van der Waals surface area contributed by atoms with E-state index < -0.39 is 11.4 Å². The van der Waals surface area contributed by atoms with Crippen molar-refractivity contribution in [3.05, 3.63) is 59.3 Å². The average molecular weight is 576 g/mol. The SMILES string of the molecule is Cc1cncc2c1c(CC1CN(CC3CCN(C(=O)C4(O)CC4)CC3)C1)cn2-c1ccc(F)cc1C(=O)N(C)C(C)C. The molecule has 4 heterocycles. The topological polar surface area (TPSA) is 81.9 Å². The minimum absolute atomic E-state index is 0.0125. The van der Waals surface area contributed by atoms with Crippen molar-refractivity contribution in [1.82, 2.24) is 24.3 Å². The molecule has 0 bridgehead atoms. The molecule has 1 aliphatic carbocycles. The lowest BCUT2D eigenvalue weighted by Crippen LogP contribution is -2.51. The number of aryl methyl sites for hydroxylation is 1. The molecule has 0 spiro atoms. The fraction of sp³-hybridized carbons (Fsp3) is 0.545. The largest absolute Gasteiger partial charge is 0.380 e. The van der Waals surface area contributed by atoms with Gasteiger partial charge in [-0.2, -0.15) is 0 Å². The van der Waals surface area contributed by atoms with Crippen LogP contribution in [0.3, 0.4) is 0 Å². The number of halogens is 1. The summed E-state index contributed by atoms with van der Waals surface area (Å²) in [6.45, 7) is 10.6. The van der Waals surface area contributed by atoms with Crippen LogP contribution in [-0.4, -0.2) is 92.6 Å². The van der Waals surface area contributed by atoms with E-state index in [2.05, 4.69) is 23.0 Å². The van der Waals surface area contributed by atoms with E-state index in [9.17, 15) is 19.1 Å². The number of piperidine rings is 1. The van der Waals surface area contributed by atoms with Gasteiger partial charge in [0.05, 0.1) is 23.0 Å². The standard InChI is InChI=1S/C33H42FN5O3/c1-21(2)36(4)31(40)27-14-26(34)5-6-28(27)39-20-25(30-22(3)15-35-16-29(30)39)13-24-18-37(19-24)17-23-7-11-38(12-8-23)32(41)33(42)9-10-33/h5-6,14-16,20-21,23-24,42H,7-13,17-19H2,1-4H3. The summed E-state index contributed by atoms with van der Waals surface area (Å²) in [5.41, 5.74) is 3.17. The average Bonchev–Trinajstić information content (AvgIpc) is 3.60. The molecule has 1 saturated carbocycles. The molecule has 8 nitrogen and oxygen atoms in total. The quantitative estimate of drug-likeness (QED) is 0.436. The van der Waals surface area contributed by atoms with Crippen LogP contribution in [-0.2, 0) is 11.2 Å². The first-order chi connectivity index (χ1) is 20.0. The minimum Gasteiger partial charge on any atom is -0.380 e. The molecule has 0 unspecified atom stereocenters. The molecule has 6 rings (SSSR count). The molecule has 2 aliphatic heterocycles. The lowest BCUT2D eigenvalue weighted by atomic mass is 9.88. The number of rotatable bonds is 8. The summed E-state index contributed by atoms with van der Waals surface area (Å²) in [6, 6.07) is 4.43. The summed E-state index contributed by atoms with van der Waals surface area (Å²) in [5.74, 6) is 0.397. The van der Waals surface area contributed by atoms with Crippen molar-refractivity contribution in [3.63, 3.8) is 0 Å². The van der Waals surface area contributed by atoms with Crippen LogP contribution in [0.25, 0.3) is 16.6 Å². The van der Waals surface area contributed by atoms with Crippen LogP contribution in [0.2, 0.25) is 0 Å². The molecule has 0 radical (unpaired) electrons. The van der Waals surface area contributed by atoms with E-state index in [4.69, 9.17) is 0 Å². The number of carbonyl (C=O) groups is 2. The third-order valence-electron chi connectivity index (χ3n) is 9.61. The van der Waals surface area contributed by atoms with Crippen molar-refractivity contribution in [2.75, 3.05) is 39.8 Å². The molecular weight excluding hydrogens is 533 g/mol. The van der Waals surface area contributed by atoms with Gasteiger partial charge in [0.25, 0.3) is 11.8 Å². The molecule has 2 aromatic heterocycles. The zero-order valence-electron chi connectivity index (χ0n) is 25.1. The van der Waals surface area contributed by atoms with Crippen molar-refractivity contribution >= 4 is 22.7 Å².